The van der Waals surface area contributed by atoms with E-state index in [4.69, 9.17) is 10.5 Å². The van der Waals surface area contributed by atoms with E-state index in [9.17, 15) is 13.6 Å². The largest absolute Gasteiger partial charge is 0.487 e. The minimum atomic E-state index is -0.709. The van der Waals surface area contributed by atoms with E-state index in [1.54, 1.807) is 11.8 Å². The number of benzene rings is 1. The lowest BCUT2D eigenvalue weighted by atomic mass is 10.1. The molecule has 0 saturated carbocycles. The Bertz CT molecular complexity index is 486. The maximum atomic E-state index is 13.5. The van der Waals surface area contributed by atoms with Crippen LogP contribution in [0.4, 0.5) is 8.78 Å². The van der Waals surface area contributed by atoms with Crippen molar-refractivity contribution in [1.82, 2.24) is 4.90 Å². The van der Waals surface area contributed by atoms with Crippen LogP contribution in [0.2, 0.25) is 0 Å². The van der Waals surface area contributed by atoms with Crippen molar-refractivity contribution in [2.45, 2.75) is 31.9 Å². The summed E-state index contributed by atoms with van der Waals surface area (Å²) in [7, 11) is 0. The number of amides is 1. The molecule has 0 aliphatic carbocycles. The monoisotopic (exact) mass is 284 g/mol. The predicted molar refractivity (Wildman–Crippen MR) is 70.2 cm³/mol. The number of hydrogen-bond donors (Lipinski definition) is 1. The van der Waals surface area contributed by atoms with E-state index in [-0.39, 0.29) is 17.8 Å². The number of piperidine rings is 1. The molecule has 110 valence electrons. The lowest BCUT2D eigenvalue weighted by molar-refractivity contribution is -0.134. The summed E-state index contributed by atoms with van der Waals surface area (Å²) in [6, 6.07) is 2.73. The fourth-order valence-electron chi connectivity index (χ4n) is 2.23. The van der Waals surface area contributed by atoms with Crippen LogP contribution in [0.15, 0.2) is 18.2 Å². The van der Waals surface area contributed by atoms with Crippen molar-refractivity contribution in [2.75, 3.05) is 13.1 Å². The number of carbonyl (C=O) groups is 1. The van der Waals surface area contributed by atoms with Gasteiger partial charge < -0.3 is 15.4 Å². The maximum absolute atomic E-state index is 13.5. The van der Waals surface area contributed by atoms with Gasteiger partial charge in [0.15, 0.2) is 11.6 Å². The highest BCUT2D eigenvalue weighted by Gasteiger charge is 2.25. The summed E-state index contributed by atoms with van der Waals surface area (Å²) in [6.45, 7) is 2.72. The Morgan fingerprint density at radius 1 is 1.40 bits per heavy atom. The molecule has 1 heterocycles. The van der Waals surface area contributed by atoms with Crippen LogP contribution < -0.4 is 10.5 Å². The van der Waals surface area contributed by atoms with E-state index in [0.717, 1.165) is 12.1 Å². The maximum Gasteiger partial charge on any atom is 0.239 e. The minimum absolute atomic E-state index is 0.0448. The Morgan fingerprint density at radius 2 is 2.05 bits per heavy atom. The van der Waals surface area contributed by atoms with Gasteiger partial charge in [0, 0.05) is 32.0 Å². The third-order valence-corrected chi connectivity index (χ3v) is 3.33. The molecular weight excluding hydrogens is 266 g/mol. The summed E-state index contributed by atoms with van der Waals surface area (Å²) >= 11 is 0. The van der Waals surface area contributed by atoms with E-state index in [1.807, 2.05) is 0 Å². The second-order valence-corrected chi connectivity index (χ2v) is 5.01. The molecule has 2 N–H and O–H groups in total. The zero-order valence-electron chi connectivity index (χ0n) is 11.3. The summed E-state index contributed by atoms with van der Waals surface area (Å²) in [5.41, 5.74) is 5.55. The molecule has 1 atom stereocenters. The van der Waals surface area contributed by atoms with Crippen LogP contribution in [0, 0.1) is 11.6 Å². The number of rotatable bonds is 3. The number of nitrogens with two attached hydrogens (primary N) is 1. The van der Waals surface area contributed by atoms with Crippen molar-refractivity contribution in [3.63, 3.8) is 0 Å². The smallest absolute Gasteiger partial charge is 0.239 e. The molecule has 4 nitrogen and oxygen atoms in total. The molecule has 1 aliphatic rings. The van der Waals surface area contributed by atoms with Gasteiger partial charge in [0.25, 0.3) is 0 Å². The topological polar surface area (TPSA) is 55.6 Å². The van der Waals surface area contributed by atoms with Gasteiger partial charge in [-0.25, -0.2) is 8.78 Å². The molecule has 1 aliphatic heterocycles. The Kier molecular flexibility index (Phi) is 4.54. The van der Waals surface area contributed by atoms with Gasteiger partial charge in [-0.2, -0.15) is 0 Å². The van der Waals surface area contributed by atoms with Crippen LogP contribution in [0.25, 0.3) is 0 Å². The molecule has 0 radical (unpaired) electrons. The van der Waals surface area contributed by atoms with E-state index >= 15 is 0 Å². The second kappa shape index (κ2) is 6.17. The van der Waals surface area contributed by atoms with Gasteiger partial charge in [-0.3, -0.25) is 4.79 Å². The molecule has 1 saturated heterocycles. The molecule has 0 bridgehead atoms. The van der Waals surface area contributed by atoms with Crippen molar-refractivity contribution in [1.29, 1.82) is 0 Å². The lowest BCUT2D eigenvalue weighted by Gasteiger charge is -2.33. The lowest BCUT2D eigenvalue weighted by Crippen LogP contribution is -2.47. The Balaban J connectivity index is 1.90. The first-order chi connectivity index (χ1) is 9.47. The van der Waals surface area contributed by atoms with E-state index in [0.29, 0.717) is 25.9 Å². The number of likely N-dealkylation sites (tertiary alicyclic amines) is 1. The highest BCUT2D eigenvalue weighted by molar-refractivity contribution is 5.81. The highest BCUT2D eigenvalue weighted by Crippen LogP contribution is 2.23. The van der Waals surface area contributed by atoms with E-state index < -0.39 is 17.7 Å². The van der Waals surface area contributed by atoms with Gasteiger partial charge in [-0.15, -0.1) is 0 Å². The third kappa shape index (κ3) is 3.45. The van der Waals surface area contributed by atoms with Crippen LogP contribution >= 0.6 is 0 Å². The molecule has 6 heteroatoms. The number of nitrogens with zero attached hydrogens (tertiary/aromatic N) is 1. The van der Waals surface area contributed by atoms with Gasteiger partial charge in [0.2, 0.25) is 5.91 Å². The number of carbonyl (C=O) groups excluding carboxylic acids is 1. The summed E-state index contributed by atoms with van der Waals surface area (Å²) in [5, 5.41) is 0. The van der Waals surface area contributed by atoms with Gasteiger partial charge >= 0.3 is 0 Å². The first-order valence-corrected chi connectivity index (χ1v) is 6.63. The Labute approximate surface area is 116 Å². The summed E-state index contributed by atoms with van der Waals surface area (Å²) in [6.07, 6.45) is 1.04. The van der Waals surface area contributed by atoms with Gasteiger partial charge in [0.1, 0.15) is 11.9 Å². The van der Waals surface area contributed by atoms with Crippen molar-refractivity contribution >= 4 is 5.91 Å². The van der Waals surface area contributed by atoms with Crippen LogP contribution in [0.3, 0.4) is 0 Å². The standard InChI is InChI=1S/C14H18F2N2O2/c1-9(17)14(19)18-6-4-11(5-7-18)20-13-3-2-10(15)8-12(13)16/h2-3,8-9,11H,4-7,17H2,1H3. The van der Waals surface area contributed by atoms with Crippen LogP contribution in [-0.2, 0) is 4.79 Å². The fourth-order valence-corrected chi connectivity index (χ4v) is 2.23. The minimum Gasteiger partial charge on any atom is -0.487 e. The van der Waals surface area contributed by atoms with Crippen molar-refractivity contribution in [2.24, 2.45) is 5.73 Å². The van der Waals surface area contributed by atoms with Crippen LogP contribution in [0.1, 0.15) is 19.8 Å². The average molecular weight is 284 g/mol. The molecule has 1 unspecified atom stereocenters. The first-order valence-electron chi connectivity index (χ1n) is 6.63. The molecular formula is C14H18F2N2O2. The molecule has 1 fully saturated rings. The van der Waals surface area contributed by atoms with Crippen molar-refractivity contribution in [3.05, 3.63) is 29.8 Å². The van der Waals surface area contributed by atoms with E-state index in [2.05, 4.69) is 0 Å². The molecule has 2 rings (SSSR count). The van der Waals surface area contributed by atoms with Gasteiger partial charge in [-0.05, 0) is 19.1 Å². The van der Waals surface area contributed by atoms with E-state index in [1.165, 1.54) is 6.07 Å². The summed E-state index contributed by atoms with van der Waals surface area (Å²) < 4.78 is 31.8. The normalized spacial score (nSPS) is 17.9. The fraction of sp³-hybridized carbons (Fsp3) is 0.500. The number of ether oxygens (including phenoxy) is 1. The first kappa shape index (κ1) is 14.7. The Morgan fingerprint density at radius 3 is 2.60 bits per heavy atom. The molecule has 1 aromatic rings. The molecule has 1 aromatic carbocycles. The van der Waals surface area contributed by atoms with Gasteiger partial charge in [0.05, 0.1) is 6.04 Å². The average Bonchev–Trinajstić information content (AvgIpc) is 2.42. The van der Waals surface area contributed by atoms with Crippen LogP contribution in [0.5, 0.6) is 5.75 Å². The van der Waals surface area contributed by atoms with Crippen molar-refractivity contribution in [3.8, 4) is 5.75 Å². The number of halogens is 2. The molecule has 20 heavy (non-hydrogen) atoms. The quantitative estimate of drug-likeness (QED) is 0.919. The second-order valence-electron chi connectivity index (χ2n) is 5.01. The van der Waals surface area contributed by atoms with Crippen molar-refractivity contribution < 1.29 is 18.3 Å². The molecule has 1 amide bonds. The summed E-state index contributed by atoms with van der Waals surface area (Å²) in [4.78, 5) is 13.4. The summed E-state index contributed by atoms with van der Waals surface area (Å²) in [5.74, 6) is -1.38. The molecule has 0 aromatic heterocycles. The third-order valence-electron chi connectivity index (χ3n) is 3.33. The number of hydrogen-bond acceptors (Lipinski definition) is 3. The van der Waals surface area contributed by atoms with Gasteiger partial charge in [-0.1, -0.05) is 0 Å². The zero-order valence-corrected chi connectivity index (χ0v) is 11.3. The zero-order chi connectivity index (χ0) is 14.7. The molecule has 0 spiro atoms. The SMILES string of the molecule is CC(N)C(=O)N1CCC(Oc2ccc(F)cc2F)CC1. The van der Waals surface area contributed by atoms with Crippen LogP contribution in [-0.4, -0.2) is 36.0 Å². The Hall–Kier alpha value is -1.69. The predicted octanol–water partition coefficient (Wildman–Crippen LogP) is 1.68. The highest BCUT2D eigenvalue weighted by atomic mass is 19.1.